The molecule has 92 valence electrons. The highest BCUT2D eigenvalue weighted by molar-refractivity contribution is 6.05. The molecular weight excluding hydrogens is 235 g/mol. The van der Waals surface area contributed by atoms with Crippen LogP contribution in [0.5, 0.6) is 0 Å². The molecule has 6 heteroatoms. The van der Waals surface area contributed by atoms with E-state index < -0.39 is 12.1 Å². The summed E-state index contributed by atoms with van der Waals surface area (Å²) in [6.45, 7) is 1.59. The quantitative estimate of drug-likeness (QED) is 0.832. The van der Waals surface area contributed by atoms with E-state index in [-0.39, 0.29) is 23.5 Å². The number of benzene rings is 1. The molecule has 1 aromatic rings. The van der Waals surface area contributed by atoms with Crippen molar-refractivity contribution in [3.05, 3.63) is 29.8 Å². The second kappa shape index (κ2) is 4.99. The second-order valence-electron chi connectivity index (χ2n) is 3.27. The van der Waals surface area contributed by atoms with Gasteiger partial charge in [0, 0.05) is 12.0 Å². The van der Waals surface area contributed by atoms with Gasteiger partial charge in [-0.2, -0.15) is 13.2 Å². The van der Waals surface area contributed by atoms with Crippen molar-refractivity contribution in [2.75, 3.05) is 5.32 Å². The molecule has 0 saturated carbocycles. The lowest BCUT2D eigenvalue weighted by atomic mass is 10.1. The van der Waals surface area contributed by atoms with E-state index in [0.29, 0.717) is 0 Å². The number of hydrogen-bond acceptors (Lipinski definition) is 2. The molecule has 0 aliphatic carbocycles. The lowest BCUT2D eigenvalue weighted by Gasteiger charge is -2.11. The Hall–Kier alpha value is -1.85. The van der Waals surface area contributed by atoms with Gasteiger partial charge in [0.2, 0.25) is 0 Å². The minimum Gasteiger partial charge on any atom is -0.318 e. The first-order valence-electron chi connectivity index (χ1n) is 4.86. The standard InChI is InChI=1S/C11H10F3NO2/c1-2-9(16)7-5-3-4-6-8(7)15-10(17)11(12,13)14/h3-6H,2H2,1H3,(H,15,17). The van der Waals surface area contributed by atoms with Gasteiger partial charge in [-0.15, -0.1) is 0 Å². The van der Waals surface area contributed by atoms with Gasteiger partial charge in [0.1, 0.15) is 0 Å². The molecule has 1 N–H and O–H groups in total. The van der Waals surface area contributed by atoms with E-state index in [1.54, 1.807) is 12.2 Å². The lowest BCUT2D eigenvalue weighted by Crippen LogP contribution is -2.30. The molecule has 1 amide bonds. The fraction of sp³-hybridized carbons (Fsp3) is 0.273. The Kier molecular flexibility index (Phi) is 3.88. The van der Waals surface area contributed by atoms with Crippen LogP contribution in [0.25, 0.3) is 0 Å². The van der Waals surface area contributed by atoms with Crippen LogP contribution in [-0.2, 0) is 4.79 Å². The van der Waals surface area contributed by atoms with Gasteiger partial charge < -0.3 is 5.32 Å². The fourth-order valence-electron chi connectivity index (χ4n) is 1.22. The van der Waals surface area contributed by atoms with Crippen molar-refractivity contribution in [1.82, 2.24) is 0 Å². The van der Waals surface area contributed by atoms with Gasteiger partial charge in [-0.3, -0.25) is 9.59 Å². The smallest absolute Gasteiger partial charge is 0.318 e. The van der Waals surface area contributed by atoms with E-state index in [1.807, 2.05) is 0 Å². The molecule has 1 aromatic carbocycles. The number of carbonyl (C=O) groups is 2. The number of carbonyl (C=O) groups excluding carboxylic acids is 2. The number of alkyl halides is 3. The summed E-state index contributed by atoms with van der Waals surface area (Å²) in [6, 6.07) is 5.59. The average Bonchev–Trinajstić information content (AvgIpc) is 2.27. The number of Topliss-reactive ketones (excluding diaryl/α,β-unsaturated/α-hetero) is 1. The van der Waals surface area contributed by atoms with Gasteiger partial charge >= 0.3 is 12.1 Å². The van der Waals surface area contributed by atoms with Crippen molar-refractivity contribution in [2.24, 2.45) is 0 Å². The first-order valence-corrected chi connectivity index (χ1v) is 4.86. The molecule has 0 atom stereocenters. The van der Waals surface area contributed by atoms with Gasteiger partial charge in [0.05, 0.1) is 5.69 Å². The molecule has 0 unspecified atom stereocenters. The van der Waals surface area contributed by atoms with E-state index in [4.69, 9.17) is 0 Å². The largest absolute Gasteiger partial charge is 0.471 e. The summed E-state index contributed by atoms with van der Waals surface area (Å²) in [5, 5.41) is 1.68. The van der Waals surface area contributed by atoms with Gasteiger partial charge in [-0.25, -0.2) is 0 Å². The molecule has 0 fully saturated rings. The molecule has 0 aromatic heterocycles. The molecule has 0 saturated heterocycles. The maximum absolute atomic E-state index is 12.1. The van der Waals surface area contributed by atoms with E-state index in [9.17, 15) is 22.8 Å². The van der Waals surface area contributed by atoms with Crippen molar-refractivity contribution >= 4 is 17.4 Å². The van der Waals surface area contributed by atoms with Gasteiger partial charge in [0.25, 0.3) is 0 Å². The number of rotatable bonds is 3. The van der Waals surface area contributed by atoms with E-state index in [1.165, 1.54) is 24.3 Å². The number of anilines is 1. The minimum atomic E-state index is -4.97. The summed E-state index contributed by atoms with van der Waals surface area (Å²) in [7, 11) is 0. The van der Waals surface area contributed by atoms with Crippen LogP contribution < -0.4 is 5.32 Å². The van der Waals surface area contributed by atoms with E-state index in [2.05, 4.69) is 0 Å². The molecule has 0 radical (unpaired) electrons. The summed E-state index contributed by atoms with van der Waals surface area (Å²) < 4.78 is 36.2. The summed E-state index contributed by atoms with van der Waals surface area (Å²) >= 11 is 0. The highest BCUT2D eigenvalue weighted by atomic mass is 19.4. The summed E-state index contributed by atoms with van der Waals surface area (Å²) in [6.07, 6.45) is -4.82. The Balaban J connectivity index is 2.99. The Bertz CT molecular complexity index is 441. The molecular formula is C11H10F3NO2. The van der Waals surface area contributed by atoms with E-state index in [0.717, 1.165) is 0 Å². The zero-order valence-electron chi connectivity index (χ0n) is 8.97. The maximum atomic E-state index is 12.1. The third-order valence-electron chi connectivity index (χ3n) is 2.05. The van der Waals surface area contributed by atoms with Gasteiger partial charge in [-0.05, 0) is 12.1 Å². The van der Waals surface area contributed by atoms with Gasteiger partial charge in [-0.1, -0.05) is 19.1 Å². The number of amides is 1. The minimum absolute atomic E-state index is 0.0765. The third kappa shape index (κ3) is 3.30. The first-order chi connectivity index (χ1) is 7.86. The Morgan fingerprint density at radius 2 is 1.82 bits per heavy atom. The lowest BCUT2D eigenvalue weighted by molar-refractivity contribution is -0.167. The van der Waals surface area contributed by atoms with Crippen LogP contribution in [0.1, 0.15) is 23.7 Å². The van der Waals surface area contributed by atoms with Crippen molar-refractivity contribution in [1.29, 1.82) is 0 Å². The first kappa shape index (κ1) is 13.2. The number of nitrogens with one attached hydrogen (secondary N) is 1. The number of ketones is 1. The van der Waals surface area contributed by atoms with Crippen LogP contribution in [0, 0.1) is 0 Å². The average molecular weight is 245 g/mol. The SMILES string of the molecule is CCC(=O)c1ccccc1NC(=O)C(F)(F)F. The van der Waals surface area contributed by atoms with Crippen molar-refractivity contribution in [3.8, 4) is 0 Å². The Labute approximate surface area is 95.6 Å². The van der Waals surface area contributed by atoms with Crippen LogP contribution in [0.2, 0.25) is 0 Å². The molecule has 17 heavy (non-hydrogen) atoms. The van der Waals surface area contributed by atoms with Crippen LogP contribution >= 0.6 is 0 Å². The van der Waals surface area contributed by atoms with Crippen molar-refractivity contribution in [3.63, 3.8) is 0 Å². The predicted molar refractivity (Wildman–Crippen MR) is 55.7 cm³/mol. The fourth-order valence-corrected chi connectivity index (χ4v) is 1.22. The summed E-state index contributed by atoms with van der Waals surface area (Å²) in [4.78, 5) is 22.2. The summed E-state index contributed by atoms with van der Waals surface area (Å²) in [5.41, 5.74) is -0.0470. The van der Waals surface area contributed by atoms with Crippen LogP contribution in [0.3, 0.4) is 0 Å². The van der Waals surface area contributed by atoms with Crippen molar-refractivity contribution in [2.45, 2.75) is 19.5 Å². The predicted octanol–water partition coefficient (Wildman–Crippen LogP) is 2.78. The van der Waals surface area contributed by atoms with E-state index >= 15 is 0 Å². The maximum Gasteiger partial charge on any atom is 0.471 e. The number of halogens is 3. The summed E-state index contributed by atoms with van der Waals surface area (Å²) in [5.74, 6) is -2.42. The van der Waals surface area contributed by atoms with Crippen LogP contribution in [-0.4, -0.2) is 17.9 Å². The molecule has 3 nitrogen and oxygen atoms in total. The van der Waals surface area contributed by atoms with Gasteiger partial charge in [0.15, 0.2) is 5.78 Å². The number of para-hydroxylation sites is 1. The topological polar surface area (TPSA) is 46.2 Å². The van der Waals surface area contributed by atoms with Crippen molar-refractivity contribution < 1.29 is 22.8 Å². The molecule has 0 aliphatic heterocycles. The normalized spacial score (nSPS) is 11.1. The zero-order valence-corrected chi connectivity index (χ0v) is 8.97. The molecule has 0 bridgehead atoms. The number of hydrogen-bond donors (Lipinski definition) is 1. The highest BCUT2D eigenvalue weighted by Gasteiger charge is 2.39. The van der Waals surface area contributed by atoms with Crippen LogP contribution in [0.4, 0.5) is 18.9 Å². The molecule has 0 aliphatic rings. The van der Waals surface area contributed by atoms with Crippen LogP contribution in [0.15, 0.2) is 24.3 Å². The molecule has 0 spiro atoms. The Morgan fingerprint density at radius 3 is 2.35 bits per heavy atom. The molecule has 1 rings (SSSR count). The molecule has 0 heterocycles. The Morgan fingerprint density at radius 1 is 1.24 bits per heavy atom. The highest BCUT2D eigenvalue weighted by Crippen LogP contribution is 2.21. The third-order valence-corrected chi connectivity index (χ3v) is 2.05. The monoisotopic (exact) mass is 245 g/mol. The zero-order chi connectivity index (χ0) is 13.1. The second-order valence-corrected chi connectivity index (χ2v) is 3.27.